The molecule has 0 aromatic carbocycles. The summed E-state index contributed by atoms with van der Waals surface area (Å²) in [4.78, 5) is 24.2. The topological polar surface area (TPSA) is 87.1 Å². The Labute approximate surface area is 157 Å². The number of alkyl halides is 1. The lowest BCUT2D eigenvalue weighted by molar-refractivity contribution is -0.160. The minimum absolute atomic E-state index is 0.0700. The van der Waals surface area contributed by atoms with Crippen molar-refractivity contribution < 1.29 is 28.9 Å². The fraction of sp³-hybridized carbons (Fsp3) is 0.714. The largest absolute Gasteiger partial charge is 0.388 e. The van der Waals surface area contributed by atoms with Gasteiger partial charge in [-0.2, -0.15) is 0 Å². The summed E-state index contributed by atoms with van der Waals surface area (Å²) < 4.78 is 21.5. The number of fused-ring (bicyclic) bond motifs is 3. The minimum atomic E-state index is -1.59. The number of halogens is 1. The monoisotopic (exact) mass is 376 g/mol. The maximum absolute atomic E-state index is 15.2. The van der Waals surface area contributed by atoms with Crippen LogP contribution in [-0.4, -0.2) is 51.9 Å². The average molecular weight is 376 g/mol. The number of aliphatic hydroxyl groups is 2. The molecule has 8 atom stereocenters. The van der Waals surface area contributed by atoms with Gasteiger partial charge in [0.15, 0.2) is 11.6 Å². The normalized spacial score (nSPS) is 55.1. The molecule has 5 nitrogen and oxygen atoms in total. The van der Waals surface area contributed by atoms with Gasteiger partial charge in [-0.05, 0) is 62.2 Å². The minimum Gasteiger partial charge on any atom is -0.388 e. The van der Waals surface area contributed by atoms with E-state index in [4.69, 9.17) is 4.74 Å². The van der Waals surface area contributed by atoms with E-state index in [0.717, 1.165) is 0 Å². The van der Waals surface area contributed by atoms with Crippen LogP contribution in [0.1, 0.15) is 39.5 Å². The molecule has 4 aliphatic carbocycles. The van der Waals surface area contributed by atoms with Crippen LogP contribution in [0.4, 0.5) is 4.39 Å². The van der Waals surface area contributed by atoms with E-state index in [1.807, 2.05) is 13.8 Å². The zero-order chi connectivity index (χ0) is 19.4. The maximum atomic E-state index is 15.2. The highest BCUT2D eigenvalue weighted by Crippen LogP contribution is 2.76. The third-order valence-electron chi connectivity index (χ3n) is 8.68. The number of epoxide rings is 1. The summed E-state index contributed by atoms with van der Waals surface area (Å²) >= 11 is 0. The first-order valence-electron chi connectivity index (χ1n) is 9.78. The number of Topliss-reactive ketones (excluding diaryl/α,β-unsaturated/α-hetero) is 1. The second-order valence-electron chi connectivity index (χ2n) is 9.46. The van der Waals surface area contributed by atoms with E-state index in [1.165, 1.54) is 12.2 Å². The van der Waals surface area contributed by atoms with E-state index < -0.39 is 40.6 Å². The maximum Gasteiger partial charge on any atom is 0.190 e. The zero-order valence-corrected chi connectivity index (χ0v) is 15.6. The molecule has 1 spiro atoms. The van der Waals surface area contributed by atoms with Crippen LogP contribution in [0.2, 0.25) is 0 Å². The molecule has 27 heavy (non-hydrogen) atoms. The van der Waals surface area contributed by atoms with Crippen LogP contribution in [0.25, 0.3) is 0 Å². The predicted octanol–water partition coefficient (Wildman–Crippen LogP) is 1.67. The smallest absolute Gasteiger partial charge is 0.190 e. The van der Waals surface area contributed by atoms with Crippen molar-refractivity contribution in [1.82, 2.24) is 0 Å². The Balaban J connectivity index is 1.61. The molecule has 0 radical (unpaired) electrons. The second-order valence-corrected chi connectivity index (χ2v) is 9.46. The fourth-order valence-electron chi connectivity index (χ4n) is 7.23. The van der Waals surface area contributed by atoms with Gasteiger partial charge >= 0.3 is 0 Å². The molecule has 0 bridgehead atoms. The number of carbonyl (C=O) groups excluding carboxylic acids is 2. The molecule has 4 fully saturated rings. The summed E-state index contributed by atoms with van der Waals surface area (Å²) in [5.41, 5.74) is -3.09. The van der Waals surface area contributed by atoms with E-state index in [-0.39, 0.29) is 36.6 Å². The van der Waals surface area contributed by atoms with Crippen molar-refractivity contribution in [2.75, 3.05) is 6.61 Å². The Morgan fingerprint density at radius 3 is 2.81 bits per heavy atom. The molecule has 0 aromatic heterocycles. The summed E-state index contributed by atoms with van der Waals surface area (Å²) in [7, 11) is 0. The van der Waals surface area contributed by atoms with Gasteiger partial charge in [-0.1, -0.05) is 13.0 Å². The lowest BCUT2D eigenvalue weighted by Crippen LogP contribution is -2.62. The van der Waals surface area contributed by atoms with Crippen molar-refractivity contribution >= 4 is 11.6 Å². The first-order chi connectivity index (χ1) is 12.6. The predicted molar refractivity (Wildman–Crippen MR) is 93.4 cm³/mol. The summed E-state index contributed by atoms with van der Waals surface area (Å²) in [5, 5.41) is 20.6. The van der Waals surface area contributed by atoms with E-state index in [9.17, 15) is 19.8 Å². The lowest BCUT2D eigenvalue weighted by atomic mass is 9.46. The number of ketones is 2. The van der Waals surface area contributed by atoms with Crippen molar-refractivity contribution in [3.63, 3.8) is 0 Å². The molecular formula is C21H25FO5. The highest BCUT2D eigenvalue weighted by molar-refractivity contribution is 6.01. The number of rotatable bonds is 2. The molecule has 5 rings (SSSR count). The van der Waals surface area contributed by atoms with E-state index >= 15 is 4.39 Å². The zero-order valence-electron chi connectivity index (χ0n) is 15.6. The van der Waals surface area contributed by atoms with Crippen LogP contribution in [0.15, 0.2) is 23.8 Å². The van der Waals surface area contributed by atoms with Crippen LogP contribution in [0, 0.1) is 22.7 Å². The molecule has 0 aromatic rings. The number of allylic oxidation sites excluding steroid dienone is 2. The Bertz CT molecular complexity index is 819. The van der Waals surface area contributed by atoms with Gasteiger partial charge in [0, 0.05) is 10.8 Å². The van der Waals surface area contributed by atoms with E-state index in [0.29, 0.717) is 18.4 Å². The molecule has 5 aliphatic rings. The SMILES string of the molecule is C[C@]12C=CC(=O)C=C1[C@H](F)CC1[C@@H]3CC[C@](O)(C(=O)CO)[C@@]3(C)CC3OC312. The Morgan fingerprint density at radius 2 is 2.11 bits per heavy atom. The second kappa shape index (κ2) is 4.97. The lowest BCUT2D eigenvalue weighted by Gasteiger charge is -2.56. The van der Waals surface area contributed by atoms with Crippen LogP contribution < -0.4 is 0 Å². The quantitative estimate of drug-likeness (QED) is 0.716. The van der Waals surface area contributed by atoms with Crippen LogP contribution >= 0.6 is 0 Å². The van der Waals surface area contributed by atoms with Gasteiger partial charge in [0.25, 0.3) is 0 Å². The molecule has 3 unspecified atom stereocenters. The van der Waals surface area contributed by atoms with Crippen molar-refractivity contribution in [1.29, 1.82) is 0 Å². The Hall–Kier alpha value is -1.37. The molecule has 1 aliphatic heterocycles. The highest BCUT2D eigenvalue weighted by atomic mass is 19.1. The van der Waals surface area contributed by atoms with Crippen LogP contribution in [0.5, 0.6) is 0 Å². The standard InChI is InChI=1S/C21H25FO5/c1-18-5-3-11(24)7-14(18)15(22)8-13-12-4-6-20(26,16(25)10-23)19(12,2)9-17-21(13,18)27-17/h3,5,7,12-13,15,17,23,26H,4,6,8-10H2,1-2H3/t12-,13?,15+,17?,18-,19-,20-,21?/m0/s1. The molecule has 6 heteroatoms. The molecular weight excluding hydrogens is 351 g/mol. The third-order valence-corrected chi connectivity index (χ3v) is 8.68. The van der Waals surface area contributed by atoms with Gasteiger partial charge in [-0.25, -0.2) is 4.39 Å². The molecule has 2 N–H and O–H groups in total. The van der Waals surface area contributed by atoms with Crippen LogP contribution in [-0.2, 0) is 14.3 Å². The van der Waals surface area contributed by atoms with Gasteiger partial charge in [-0.3, -0.25) is 9.59 Å². The van der Waals surface area contributed by atoms with E-state index in [2.05, 4.69) is 0 Å². The fourth-order valence-corrected chi connectivity index (χ4v) is 7.23. The van der Waals surface area contributed by atoms with Gasteiger partial charge in [0.05, 0.1) is 6.10 Å². The van der Waals surface area contributed by atoms with Gasteiger partial charge in [0.1, 0.15) is 24.0 Å². The number of aliphatic hydroxyl groups excluding tert-OH is 1. The Kier molecular flexibility index (Phi) is 3.26. The number of carbonyl (C=O) groups is 2. The highest BCUT2D eigenvalue weighted by Gasteiger charge is 2.82. The van der Waals surface area contributed by atoms with E-state index in [1.54, 1.807) is 6.08 Å². The van der Waals surface area contributed by atoms with Gasteiger partial charge < -0.3 is 14.9 Å². The number of ether oxygens (including phenoxy) is 1. The van der Waals surface area contributed by atoms with Crippen molar-refractivity contribution in [3.8, 4) is 0 Å². The van der Waals surface area contributed by atoms with Crippen molar-refractivity contribution in [2.45, 2.75) is 63.0 Å². The molecule has 3 saturated carbocycles. The van der Waals surface area contributed by atoms with Gasteiger partial charge in [-0.15, -0.1) is 0 Å². The van der Waals surface area contributed by atoms with Crippen molar-refractivity contribution in [3.05, 3.63) is 23.8 Å². The summed E-state index contributed by atoms with van der Waals surface area (Å²) in [6.45, 7) is 3.15. The summed E-state index contributed by atoms with van der Waals surface area (Å²) in [6, 6.07) is 0. The average Bonchev–Trinajstić information content (AvgIpc) is 3.29. The third kappa shape index (κ3) is 1.76. The van der Waals surface area contributed by atoms with Crippen molar-refractivity contribution in [2.24, 2.45) is 22.7 Å². The summed E-state index contributed by atoms with van der Waals surface area (Å²) in [5.74, 6) is -0.957. The molecule has 1 heterocycles. The molecule has 0 amide bonds. The molecule has 1 saturated heterocycles. The first kappa shape index (κ1) is 17.7. The number of hydrogen-bond acceptors (Lipinski definition) is 5. The van der Waals surface area contributed by atoms with Gasteiger partial charge in [0.2, 0.25) is 0 Å². The van der Waals surface area contributed by atoms with Crippen LogP contribution in [0.3, 0.4) is 0 Å². The summed E-state index contributed by atoms with van der Waals surface area (Å²) in [6.07, 6.45) is 4.91. The molecule has 146 valence electrons. The first-order valence-corrected chi connectivity index (χ1v) is 9.78. The Morgan fingerprint density at radius 1 is 1.37 bits per heavy atom. The number of hydrogen-bond donors (Lipinski definition) is 2.